The minimum absolute atomic E-state index is 0.0360. The lowest BCUT2D eigenvalue weighted by Gasteiger charge is -2.17. The molecule has 0 bridgehead atoms. The zero-order valence-corrected chi connectivity index (χ0v) is 14.5. The van der Waals surface area contributed by atoms with Crippen molar-refractivity contribution in [3.8, 4) is 0 Å². The van der Waals surface area contributed by atoms with Crippen molar-refractivity contribution in [3.05, 3.63) is 42.3 Å². The van der Waals surface area contributed by atoms with E-state index in [0.29, 0.717) is 11.5 Å². The second-order valence-electron chi connectivity index (χ2n) is 6.03. The summed E-state index contributed by atoms with van der Waals surface area (Å²) in [5.74, 6) is -0.273. The molecule has 25 heavy (non-hydrogen) atoms. The highest BCUT2D eigenvalue weighted by Gasteiger charge is 2.13. The Kier molecular flexibility index (Phi) is 6.24. The van der Waals surface area contributed by atoms with E-state index in [1.165, 1.54) is 24.3 Å². The van der Waals surface area contributed by atoms with Crippen LogP contribution in [0.5, 0.6) is 0 Å². The van der Waals surface area contributed by atoms with E-state index in [4.69, 9.17) is 0 Å². The van der Waals surface area contributed by atoms with E-state index in [1.54, 1.807) is 28.9 Å². The van der Waals surface area contributed by atoms with E-state index in [-0.39, 0.29) is 36.8 Å². The molecule has 2 rings (SSSR count). The summed E-state index contributed by atoms with van der Waals surface area (Å²) in [5, 5.41) is 9.58. The van der Waals surface area contributed by atoms with Crippen molar-refractivity contribution < 1.29 is 14.0 Å². The lowest BCUT2D eigenvalue weighted by atomic mass is 10.3. The normalized spacial score (nSPS) is 11.0. The fourth-order valence-corrected chi connectivity index (χ4v) is 2.29. The summed E-state index contributed by atoms with van der Waals surface area (Å²) in [5.41, 5.74) is 0.505. The van der Waals surface area contributed by atoms with Crippen LogP contribution in [0.1, 0.15) is 19.9 Å². The van der Waals surface area contributed by atoms with Gasteiger partial charge >= 0.3 is 0 Å². The van der Waals surface area contributed by atoms with Gasteiger partial charge in [0.2, 0.25) is 11.8 Å². The molecule has 0 aliphatic heterocycles. The zero-order valence-electron chi connectivity index (χ0n) is 14.5. The third-order valence-electron chi connectivity index (χ3n) is 3.38. The molecule has 0 aliphatic rings. The maximum Gasteiger partial charge on any atom is 0.239 e. The molecule has 1 aromatic carbocycles. The largest absolute Gasteiger partial charge is 0.325 e. The molecule has 1 aromatic heterocycles. The van der Waals surface area contributed by atoms with Crippen molar-refractivity contribution in [3.63, 3.8) is 0 Å². The van der Waals surface area contributed by atoms with Crippen LogP contribution in [-0.4, -0.2) is 46.6 Å². The molecule has 2 amide bonds. The van der Waals surface area contributed by atoms with E-state index in [1.807, 2.05) is 13.8 Å². The number of nitrogens with one attached hydrogen (secondary N) is 2. The molecule has 0 radical (unpaired) electrons. The van der Waals surface area contributed by atoms with E-state index >= 15 is 0 Å². The monoisotopic (exact) mass is 347 g/mol. The Hall–Kier alpha value is -2.74. The predicted molar refractivity (Wildman–Crippen MR) is 93.8 cm³/mol. The lowest BCUT2D eigenvalue weighted by Crippen LogP contribution is -2.36. The highest BCUT2D eigenvalue weighted by molar-refractivity contribution is 5.94. The van der Waals surface area contributed by atoms with Gasteiger partial charge in [0.05, 0.1) is 19.3 Å². The summed E-state index contributed by atoms with van der Waals surface area (Å²) in [6.45, 7) is 4.03. The number of anilines is 2. The second kappa shape index (κ2) is 8.39. The topological polar surface area (TPSA) is 79.3 Å². The number of carbonyl (C=O) groups is 2. The Morgan fingerprint density at radius 3 is 2.32 bits per heavy atom. The molecule has 0 aliphatic carbocycles. The minimum Gasteiger partial charge on any atom is -0.325 e. The van der Waals surface area contributed by atoms with Crippen molar-refractivity contribution in [2.24, 2.45) is 0 Å². The van der Waals surface area contributed by atoms with Gasteiger partial charge in [-0.3, -0.25) is 14.5 Å². The number of benzene rings is 1. The minimum atomic E-state index is -0.368. The molecule has 2 N–H and O–H groups in total. The highest BCUT2D eigenvalue weighted by atomic mass is 19.1. The predicted octanol–water partition coefficient (Wildman–Crippen LogP) is 2.11. The van der Waals surface area contributed by atoms with Crippen LogP contribution in [-0.2, 0) is 9.59 Å². The molecule has 7 nitrogen and oxygen atoms in total. The third-order valence-corrected chi connectivity index (χ3v) is 3.38. The van der Waals surface area contributed by atoms with Crippen LogP contribution in [0.15, 0.2) is 36.5 Å². The number of amides is 2. The lowest BCUT2D eigenvalue weighted by molar-refractivity contribution is -0.119. The maximum absolute atomic E-state index is 12.8. The molecule has 8 heteroatoms. The van der Waals surface area contributed by atoms with Gasteiger partial charge in [-0.05, 0) is 45.2 Å². The van der Waals surface area contributed by atoms with Crippen LogP contribution in [0.2, 0.25) is 0 Å². The molecule has 134 valence electrons. The molecule has 0 fully saturated rings. The Labute approximate surface area is 145 Å². The number of carbonyl (C=O) groups excluding carboxylic acids is 2. The van der Waals surface area contributed by atoms with Crippen LogP contribution >= 0.6 is 0 Å². The molecule has 0 atom stereocenters. The Morgan fingerprint density at radius 2 is 1.72 bits per heavy atom. The van der Waals surface area contributed by atoms with Crippen LogP contribution < -0.4 is 10.6 Å². The third kappa shape index (κ3) is 5.68. The number of hydrogen-bond donors (Lipinski definition) is 2. The van der Waals surface area contributed by atoms with E-state index < -0.39 is 0 Å². The van der Waals surface area contributed by atoms with Gasteiger partial charge in [-0.25, -0.2) is 9.07 Å². The first kappa shape index (κ1) is 18.6. The molecule has 0 saturated heterocycles. The van der Waals surface area contributed by atoms with Gasteiger partial charge in [0.25, 0.3) is 0 Å². The number of rotatable bonds is 7. The molecule has 2 aromatic rings. The van der Waals surface area contributed by atoms with E-state index in [0.717, 1.165) is 0 Å². The smallest absolute Gasteiger partial charge is 0.239 e. The average Bonchev–Trinajstić information content (AvgIpc) is 2.97. The first-order chi connectivity index (χ1) is 11.8. The molecular weight excluding hydrogens is 325 g/mol. The van der Waals surface area contributed by atoms with Crippen LogP contribution in [0.3, 0.4) is 0 Å². The molecule has 0 saturated carbocycles. The fourth-order valence-electron chi connectivity index (χ4n) is 2.29. The van der Waals surface area contributed by atoms with Gasteiger partial charge in [0, 0.05) is 17.8 Å². The summed E-state index contributed by atoms with van der Waals surface area (Å²) < 4.78 is 14.5. The van der Waals surface area contributed by atoms with Gasteiger partial charge in [-0.2, -0.15) is 5.10 Å². The fraction of sp³-hybridized carbons (Fsp3) is 0.353. The zero-order chi connectivity index (χ0) is 18.4. The van der Waals surface area contributed by atoms with Gasteiger partial charge in [0.15, 0.2) is 0 Å². The van der Waals surface area contributed by atoms with Crippen LogP contribution in [0.4, 0.5) is 15.9 Å². The molecule has 0 spiro atoms. The van der Waals surface area contributed by atoms with E-state index in [9.17, 15) is 14.0 Å². The van der Waals surface area contributed by atoms with Crippen LogP contribution in [0, 0.1) is 5.82 Å². The average molecular weight is 347 g/mol. The summed E-state index contributed by atoms with van der Waals surface area (Å²) in [4.78, 5) is 25.7. The van der Waals surface area contributed by atoms with E-state index in [2.05, 4.69) is 15.7 Å². The van der Waals surface area contributed by atoms with Gasteiger partial charge < -0.3 is 10.6 Å². The highest BCUT2D eigenvalue weighted by Crippen LogP contribution is 2.13. The van der Waals surface area contributed by atoms with Gasteiger partial charge in [0.1, 0.15) is 11.6 Å². The molecular formula is C17H22FN5O2. The summed E-state index contributed by atoms with van der Waals surface area (Å²) in [6.07, 6.45) is 1.62. The number of nitrogens with zero attached hydrogens (tertiary/aromatic N) is 3. The van der Waals surface area contributed by atoms with Crippen molar-refractivity contribution in [2.45, 2.75) is 19.9 Å². The maximum atomic E-state index is 12.8. The number of hydrogen-bond acceptors (Lipinski definition) is 4. The second-order valence-corrected chi connectivity index (χ2v) is 6.03. The first-order valence-electron chi connectivity index (χ1n) is 7.92. The van der Waals surface area contributed by atoms with Crippen molar-refractivity contribution in [1.82, 2.24) is 14.7 Å². The van der Waals surface area contributed by atoms with Crippen molar-refractivity contribution in [2.75, 3.05) is 30.8 Å². The number of halogens is 1. The van der Waals surface area contributed by atoms with Crippen LogP contribution in [0.25, 0.3) is 0 Å². The summed E-state index contributed by atoms with van der Waals surface area (Å²) in [6, 6.07) is 7.35. The number of aromatic nitrogens is 2. The molecule has 0 unspecified atom stereocenters. The Morgan fingerprint density at radius 1 is 1.12 bits per heavy atom. The SMILES string of the molecule is CC(C)n1nccc1NC(=O)CN(C)CC(=O)Nc1ccc(F)cc1. The van der Waals surface area contributed by atoms with Gasteiger partial charge in [-0.15, -0.1) is 0 Å². The first-order valence-corrected chi connectivity index (χ1v) is 7.92. The summed E-state index contributed by atoms with van der Waals surface area (Å²) in [7, 11) is 1.67. The Bertz CT molecular complexity index is 727. The van der Waals surface area contributed by atoms with Crippen molar-refractivity contribution in [1.29, 1.82) is 0 Å². The molecule has 1 heterocycles. The summed E-state index contributed by atoms with van der Waals surface area (Å²) >= 11 is 0. The number of likely N-dealkylation sites (N-methyl/N-ethyl adjacent to an activating group) is 1. The van der Waals surface area contributed by atoms with Crippen molar-refractivity contribution >= 4 is 23.3 Å². The Balaban J connectivity index is 1.81. The quantitative estimate of drug-likeness (QED) is 0.804. The standard InChI is InChI=1S/C17H22FN5O2/c1-12(2)23-15(8-9-19-23)21-17(25)11-22(3)10-16(24)20-14-6-4-13(18)5-7-14/h4-9,12H,10-11H2,1-3H3,(H,20,24)(H,21,25). The van der Waals surface area contributed by atoms with Gasteiger partial charge in [-0.1, -0.05) is 0 Å².